The van der Waals surface area contributed by atoms with Crippen LogP contribution in [0.15, 0.2) is 48.5 Å². The molecule has 2 aliphatic heterocycles. The van der Waals surface area contributed by atoms with Crippen molar-refractivity contribution >= 4 is 33.1 Å². The zero-order valence-electron chi connectivity index (χ0n) is 15.4. The number of amides is 1. The van der Waals surface area contributed by atoms with Crippen molar-refractivity contribution in [3.63, 3.8) is 0 Å². The van der Waals surface area contributed by atoms with Gasteiger partial charge in [-0.2, -0.15) is 0 Å². The Morgan fingerprint density at radius 1 is 1.11 bits per heavy atom. The third-order valence-electron chi connectivity index (χ3n) is 5.12. The minimum absolute atomic E-state index is 0.0344. The minimum atomic E-state index is -0.512. The molecule has 1 amide bonds. The fourth-order valence-electron chi connectivity index (χ4n) is 3.72. The number of carbonyl (C=O) groups is 1. The van der Waals surface area contributed by atoms with Crippen molar-refractivity contribution in [3.8, 4) is 5.75 Å². The van der Waals surface area contributed by atoms with Crippen LogP contribution >= 0.6 is 11.3 Å². The highest BCUT2D eigenvalue weighted by Gasteiger charge is 2.34. The Hall–Kier alpha value is -2.64. The summed E-state index contributed by atoms with van der Waals surface area (Å²) in [7, 11) is 0. The van der Waals surface area contributed by atoms with Gasteiger partial charge < -0.3 is 19.3 Å². The SMILES string of the molecule is O=C(C1CN(Cc2nc3ccccc3s2)c2ccccc2O1)N1CCOCC1. The number of hydrogen-bond acceptors (Lipinski definition) is 6. The number of anilines is 1. The summed E-state index contributed by atoms with van der Waals surface area (Å²) in [5.41, 5.74) is 2.03. The molecular formula is C21H21N3O3S. The first-order valence-electron chi connectivity index (χ1n) is 9.49. The maximum atomic E-state index is 13.0. The Kier molecular flexibility index (Phi) is 4.62. The lowest BCUT2D eigenvalue weighted by atomic mass is 10.1. The molecule has 0 spiro atoms. The fourth-order valence-corrected chi connectivity index (χ4v) is 4.71. The molecule has 0 radical (unpaired) electrons. The molecule has 0 bridgehead atoms. The zero-order valence-corrected chi connectivity index (χ0v) is 16.2. The number of nitrogens with zero attached hydrogens (tertiary/aromatic N) is 3. The lowest BCUT2D eigenvalue weighted by Gasteiger charge is -2.38. The molecule has 2 aromatic carbocycles. The number of benzene rings is 2. The van der Waals surface area contributed by atoms with Gasteiger partial charge in [-0.15, -0.1) is 11.3 Å². The van der Waals surface area contributed by atoms with E-state index in [0.29, 0.717) is 39.4 Å². The number of aromatic nitrogens is 1. The Morgan fingerprint density at radius 3 is 2.75 bits per heavy atom. The smallest absolute Gasteiger partial charge is 0.265 e. The minimum Gasteiger partial charge on any atom is -0.477 e. The van der Waals surface area contributed by atoms with Gasteiger partial charge in [-0.25, -0.2) is 4.98 Å². The van der Waals surface area contributed by atoms with Gasteiger partial charge in [0.15, 0.2) is 6.10 Å². The van der Waals surface area contributed by atoms with E-state index in [0.717, 1.165) is 22.0 Å². The number of thiazole rings is 1. The second-order valence-corrected chi connectivity index (χ2v) is 8.08. The number of fused-ring (bicyclic) bond motifs is 2. The summed E-state index contributed by atoms with van der Waals surface area (Å²) in [6.45, 7) is 3.60. The predicted octanol–water partition coefficient (Wildman–Crippen LogP) is 2.92. The second-order valence-electron chi connectivity index (χ2n) is 6.97. The van der Waals surface area contributed by atoms with Crippen LogP contribution in [0, 0.1) is 0 Å². The van der Waals surface area contributed by atoms with Gasteiger partial charge >= 0.3 is 0 Å². The molecule has 7 heteroatoms. The van der Waals surface area contributed by atoms with Gasteiger partial charge in [0.25, 0.3) is 5.91 Å². The molecule has 1 atom stereocenters. The molecule has 144 valence electrons. The monoisotopic (exact) mass is 395 g/mol. The quantitative estimate of drug-likeness (QED) is 0.683. The summed E-state index contributed by atoms with van der Waals surface area (Å²) < 4.78 is 12.6. The van der Waals surface area contributed by atoms with E-state index in [4.69, 9.17) is 14.5 Å². The Balaban J connectivity index is 1.41. The molecule has 2 aliphatic rings. The second kappa shape index (κ2) is 7.41. The highest BCUT2D eigenvalue weighted by Crippen LogP contribution is 2.35. The number of rotatable bonds is 3. The molecule has 0 saturated carbocycles. The van der Waals surface area contributed by atoms with E-state index >= 15 is 0 Å². The molecule has 3 heterocycles. The molecular weight excluding hydrogens is 374 g/mol. The van der Waals surface area contributed by atoms with E-state index in [1.165, 1.54) is 4.70 Å². The number of ether oxygens (including phenoxy) is 2. The lowest BCUT2D eigenvalue weighted by molar-refractivity contribution is -0.142. The van der Waals surface area contributed by atoms with Crippen molar-refractivity contribution in [2.24, 2.45) is 0 Å². The van der Waals surface area contributed by atoms with Crippen LogP contribution in [0.2, 0.25) is 0 Å². The Labute approximate surface area is 167 Å². The predicted molar refractivity (Wildman–Crippen MR) is 109 cm³/mol. The summed E-state index contributed by atoms with van der Waals surface area (Å²) in [5, 5.41) is 1.04. The van der Waals surface area contributed by atoms with Crippen molar-refractivity contribution in [1.82, 2.24) is 9.88 Å². The Bertz CT molecular complexity index is 966. The highest BCUT2D eigenvalue weighted by molar-refractivity contribution is 7.18. The van der Waals surface area contributed by atoms with Crippen LogP contribution in [-0.2, 0) is 16.1 Å². The maximum Gasteiger partial charge on any atom is 0.265 e. The summed E-state index contributed by atoms with van der Waals surface area (Å²) in [4.78, 5) is 21.8. The molecule has 1 unspecified atom stereocenters. The molecule has 5 rings (SSSR count). The molecule has 28 heavy (non-hydrogen) atoms. The number of morpholine rings is 1. The summed E-state index contributed by atoms with van der Waals surface area (Å²) in [6, 6.07) is 16.1. The van der Waals surface area contributed by atoms with E-state index < -0.39 is 6.10 Å². The van der Waals surface area contributed by atoms with E-state index in [-0.39, 0.29) is 5.91 Å². The van der Waals surface area contributed by atoms with E-state index in [1.54, 1.807) is 11.3 Å². The van der Waals surface area contributed by atoms with E-state index in [9.17, 15) is 4.79 Å². The summed E-state index contributed by atoms with van der Waals surface area (Å²) in [5.74, 6) is 0.786. The normalized spacial score (nSPS) is 19.4. The van der Waals surface area contributed by atoms with Crippen molar-refractivity contribution in [3.05, 3.63) is 53.5 Å². The Morgan fingerprint density at radius 2 is 1.89 bits per heavy atom. The molecule has 1 fully saturated rings. The lowest BCUT2D eigenvalue weighted by Crippen LogP contribution is -2.52. The highest BCUT2D eigenvalue weighted by atomic mass is 32.1. The molecule has 3 aromatic rings. The molecule has 1 saturated heterocycles. The van der Waals surface area contributed by atoms with Gasteiger partial charge in [-0.1, -0.05) is 24.3 Å². The van der Waals surface area contributed by atoms with Crippen LogP contribution in [0.4, 0.5) is 5.69 Å². The van der Waals surface area contributed by atoms with Gasteiger partial charge in [0, 0.05) is 13.1 Å². The van der Waals surface area contributed by atoms with Crippen LogP contribution < -0.4 is 9.64 Å². The third-order valence-corrected chi connectivity index (χ3v) is 6.15. The van der Waals surface area contributed by atoms with Crippen molar-refractivity contribution in [2.75, 3.05) is 37.7 Å². The van der Waals surface area contributed by atoms with Gasteiger partial charge in [0.2, 0.25) is 0 Å². The molecule has 1 aromatic heterocycles. The van der Waals surface area contributed by atoms with Gasteiger partial charge in [-0.3, -0.25) is 4.79 Å². The van der Waals surface area contributed by atoms with Crippen LogP contribution in [0.1, 0.15) is 5.01 Å². The molecule has 0 N–H and O–H groups in total. The first-order valence-corrected chi connectivity index (χ1v) is 10.3. The maximum absolute atomic E-state index is 13.0. The van der Waals surface area contributed by atoms with Crippen LogP contribution in [0.3, 0.4) is 0 Å². The number of para-hydroxylation sites is 3. The topological polar surface area (TPSA) is 54.9 Å². The van der Waals surface area contributed by atoms with E-state index in [1.807, 2.05) is 47.4 Å². The largest absolute Gasteiger partial charge is 0.477 e. The number of hydrogen-bond donors (Lipinski definition) is 0. The third kappa shape index (κ3) is 3.31. The average Bonchev–Trinajstić information content (AvgIpc) is 3.16. The average molecular weight is 395 g/mol. The van der Waals surface area contributed by atoms with Gasteiger partial charge in [0.1, 0.15) is 10.8 Å². The van der Waals surface area contributed by atoms with E-state index in [2.05, 4.69) is 11.0 Å². The van der Waals surface area contributed by atoms with Gasteiger partial charge in [0.05, 0.1) is 42.2 Å². The van der Waals surface area contributed by atoms with Crippen molar-refractivity contribution in [1.29, 1.82) is 0 Å². The number of carbonyl (C=O) groups excluding carboxylic acids is 1. The van der Waals surface area contributed by atoms with Crippen LogP contribution in [-0.4, -0.2) is 54.7 Å². The van der Waals surface area contributed by atoms with Crippen LogP contribution in [0.25, 0.3) is 10.2 Å². The molecule has 0 aliphatic carbocycles. The summed E-state index contributed by atoms with van der Waals surface area (Å²) >= 11 is 1.70. The van der Waals surface area contributed by atoms with Gasteiger partial charge in [-0.05, 0) is 24.3 Å². The van der Waals surface area contributed by atoms with Crippen LogP contribution in [0.5, 0.6) is 5.75 Å². The molecule has 6 nitrogen and oxygen atoms in total. The standard InChI is InChI=1S/C21H21N3O3S/c25-21(23-9-11-26-12-10-23)18-13-24(16-6-2-3-7-17(16)27-18)14-20-22-15-5-1-4-8-19(15)28-20/h1-8,18H,9-14H2. The first-order chi connectivity index (χ1) is 13.8. The fraction of sp³-hybridized carbons (Fsp3) is 0.333. The van der Waals surface area contributed by atoms with Crippen molar-refractivity contribution in [2.45, 2.75) is 12.6 Å². The first kappa shape index (κ1) is 17.5. The van der Waals surface area contributed by atoms with Crippen molar-refractivity contribution < 1.29 is 14.3 Å². The summed E-state index contributed by atoms with van der Waals surface area (Å²) in [6.07, 6.45) is -0.512. The zero-order chi connectivity index (χ0) is 18.9.